The zero-order chi connectivity index (χ0) is 22.1. The predicted molar refractivity (Wildman–Crippen MR) is 123 cm³/mol. The average Bonchev–Trinajstić information content (AvgIpc) is 2.67. The van der Waals surface area contributed by atoms with Crippen LogP contribution in [0.1, 0.15) is 15.9 Å². The third-order valence-electron chi connectivity index (χ3n) is 4.09. The number of benzene rings is 3. The highest BCUT2D eigenvalue weighted by Crippen LogP contribution is 2.28. The first-order valence-electron chi connectivity index (χ1n) is 8.42. The lowest BCUT2D eigenvalue weighted by Crippen LogP contribution is -2.17. The zero-order valence-corrected chi connectivity index (χ0v) is 19.2. The molecule has 30 heavy (non-hydrogen) atoms. The van der Waals surface area contributed by atoms with Crippen molar-refractivity contribution in [2.24, 2.45) is 0 Å². The van der Waals surface area contributed by atoms with Crippen molar-refractivity contribution < 1.29 is 13.2 Å². The van der Waals surface area contributed by atoms with Crippen LogP contribution < -0.4 is 10.0 Å². The number of amides is 1. The third-order valence-corrected chi connectivity index (χ3v) is 7.09. The number of hydrogen-bond acceptors (Lipinski definition) is 3. The van der Waals surface area contributed by atoms with Gasteiger partial charge in [0.05, 0.1) is 30.7 Å². The van der Waals surface area contributed by atoms with Crippen molar-refractivity contribution >= 4 is 73.7 Å². The van der Waals surface area contributed by atoms with Gasteiger partial charge >= 0.3 is 0 Å². The van der Waals surface area contributed by atoms with E-state index >= 15 is 0 Å². The average molecular weight is 504 g/mol. The number of rotatable bonds is 5. The van der Waals surface area contributed by atoms with Crippen LogP contribution in [0, 0.1) is 6.92 Å². The van der Waals surface area contributed by atoms with Crippen molar-refractivity contribution in [2.45, 2.75) is 11.8 Å². The lowest BCUT2D eigenvalue weighted by Gasteiger charge is -2.13. The number of anilines is 2. The van der Waals surface area contributed by atoms with Gasteiger partial charge < -0.3 is 5.32 Å². The fourth-order valence-electron chi connectivity index (χ4n) is 2.58. The van der Waals surface area contributed by atoms with Gasteiger partial charge in [-0.3, -0.25) is 9.52 Å². The first-order chi connectivity index (χ1) is 14.1. The van der Waals surface area contributed by atoms with Crippen LogP contribution in [-0.4, -0.2) is 14.3 Å². The first kappa shape index (κ1) is 22.7. The van der Waals surface area contributed by atoms with Crippen LogP contribution in [0.15, 0.2) is 59.5 Å². The molecule has 5 nitrogen and oxygen atoms in total. The lowest BCUT2D eigenvalue weighted by atomic mass is 10.1. The monoisotopic (exact) mass is 502 g/mol. The normalized spacial score (nSPS) is 11.2. The van der Waals surface area contributed by atoms with Crippen LogP contribution in [-0.2, 0) is 10.0 Å². The maximum Gasteiger partial charge on any atom is 0.262 e. The minimum absolute atomic E-state index is 0.0460. The molecule has 0 radical (unpaired) electrons. The number of carbonyl (C=O) groups is 1. The minimum Gasteiger partial charge on any atom is -0.322 e. The van der Waals surface area contributed by atoms with Gasteiger partial charge in [-0.05, 0) is 61.0 Å². The maximum absolute atomic E-state index is 12.9. The zero-order valence-electron chi connectivity index (χ0n) is 15.3. The van der Waals surface area contributed by atoms with Gasteiger partial charge in [0.2, 0.25) is 0 Å². The van der Waals surface area contributed by atoms with Gasteiger partial charge in [-0.2, -0.15) is 0 Å². The summed E-state index contributed by atoms with van der Waals surface area (Å²) < 4.78 is 28.2. The predicted octanol–water partition coefficient (Wildman–Crippen LogP) is 6.66. The van der Waals surface area contributed by atoms with Crippen LogP contribution >= 0.6 is 46.4 Å². The smallest absolute Gasteiger partial charge is 0.262 e. The molecular weight excluding hydrogens is 490 g/mol. The van der Waals surface area contributed by atoms with Gasteiger partial charge in [0.15, 0.2) is 0 Å². The number of aryl methyl sites for hydroxylation is 1. The van der Waals surface area contributed by atoms with Crippen LogP contribution in [0.5, 0.6) is 0 Å². The summed E-state index contributed by atoms with van der Waals surface area (Å²) in [6, 6.07) is 13.4. The first-order valence-corrected chi connectivity index (χ1v) is 11.4. The van der Waals surface area contributed by atoms with E-state index in [1.807, 2.05) is 0 Å². The molecular formula is C20H14Cl4N2O3S. The number of halogens is 4. The van der Waals surface area contributed by atoms with Gasteiger partial charge in [0, 0.05) is 11.3 Å². The summed E-state index contributed by atoms with van der Waals surface area (Å²) in [5.74, 6) is -0.501. The molecule has 0 aliphatic heterocycles. The number of nitrogens with one attached hydrogen (secondary N) is 2. The van der Waals surface area contributed by atoms with Gasteiger partial charge in [0.1, 0.15) is 0 Å². The molecule has 156 valence electrons. The van der Waals surface area contributed by atoms with Crippen molar-refractivity contribution in [2.75, 3.05) is 10.0 Å². The van der Waals surface area contributed by atoms with Crippen molar-refractivity contribution in [3.05, 3.63) is 85.8 Å². The number of carbonyl (C=O) groups excluding carboxylic acids is 1. The SMILES string of the molecule is Cc1ccc(C(=O)Nc2ccc(Cl)c(Cl)c2)cc1S(=O)(=O)Nc1ccc(Cl)c(Cl)c1. The van der Waals surface area contributed by atoms with Crippen molar-refractivity contribution in [3.8, 4) is 0 Å². The highest BCUT2D eigenvalue weighted by atomic mass is 35.5. The number of hydrogen-bond donors (Lipinski definition) is 2. The highest BCUT2D eigenvalue weighted by Gasteiger charge is 2.20. The minimum atomic E-state index is -3.99. The van der Waals surface area contributed by atoms with Gasteiger partial charge in [-0.25, -0.2) is 8.42 Å². The molecule has 1 amide bonds. The molecule has 0 unspecified atom stereocenters. The fraction of sp³-hybridized carbons (Fsp3) is 0.0500. The molecule has 0 saturated carbocycles. The summed E-state index contributed by atoms with van der Waals surface area (Å²) in [6.45, 7) is 1.63. The van der Waals surface area contributed by atoms with Crippen LogP contribution in [0.2, 0.25) is 20.1 Å². The van der Waals surface area contributed by atoms with Crippen molar-refractivity contribution in [3.63, 3.8) is 0 Å². The molecule has 0 fully saturated rings. The van der Waals surface area contributed by atoms with E-state index in [2.05, 4.69) is 10.0 Å². The summed E-state index contributed by atoms with van der Waals surface area (Å²) in [4.78, 5) is 12.6. The molecule has 3 rings (SSSR count). The van der Waals surface area contributed by atoms with E-state index < -0.39 is 15.9 Å². The van der Waals surface area contributed by atoms with Gasteiger partial charge in [-0.1, -0.05) is 52.5 Å². The molecule has 0 aliphatic rings. The van der Waals surface area contributed by atoms with E-state index in [4.69, 9.17) is 46.4 Å². The molecule has 3 aromatic rings. The van der Waals surface area contributed by atoms with Gasteiger partial charge in [-0.15, -0.1) is 0 Å². The Morgan fingerprint density at radius 1 is 0.767 bits per heavy atom. The summed E-state index contributed by atoms with van der Waals surface area (Å²) in [7, 11) is -3.99. The summed E-state index contributed by atoms with van der Waals surface area (Å²) in [5, 5.41) is 3.81. The van der Waals surface area contributed by atoms with Crippen LogP contribution in [0.3, 0.4) is 0 Å². The second kappa shape index (κ2) is 9.04. The molecule has 0 aromatic heterocycles. The second-order valence-corrected chi connectivity index (χ2v) is 9.58. The Morgan fingerprint density at radius 3 is 1.93 bits per heavy atom. The Kier molecular flexibility index (Phi) is 6.84. The Balaban J connectivity index is 1.88. The molecule has 0 atom stereocenters. The fourth-order valence-corrected chi connectivity index (χ4v) is 4.50. The Morgan fingerprint density at radius 2 is 1.33 bits per heavy atom. The van der Waals surface area contributed by atoms with Crippen LogP contribution in [0.4, 0.5) is 11.4 Å². The molecule has 3 aromatic carbocycles. The van der Waals surface area contributed by atoms with E-state index in [1.165, 1.54) is 36.4 Å². The summed E-state index contributed by atoms with van der Waals surface area (Å²) in [6.07, 6.45) is 0. The van der Waals surface area contributed by atoms with E-state index in [0.29, 0.717) is 21.3 Å². The summed E-state index contributed by atoms with van der Waals surface area (Å²) >= 11 is 23.6. The van der Waals surface area contributed by atoms with E-state index in [0.717, 1.165) is 0 Å². The quantitative estimate of drug-likeness (QED) is 0.408. The van der Waals surface area contributed by atoms with Crippen molar-refractivity contribution in [1.29, 1.82) is 0 Å². The molecule has 0 bridgehead atoms. The number of sulfonamides is 1. The van der Waals surface area contributed by atoms with E-state index in [-0.39, 0.29) is 26.2 Å². The molecule has 0 heterocycles. The topological polar surface area (TPSA) is 75.3 Å². The molecule has 2 N–H and O–H groups in total. The Labute approximate surface area is 194 Å². The van der Waals surface area contributed by atoms with Crippen molar-refractivity contribution in [1.82, 2.24) is 0 Å². The second-order valence-electron chi connectivity index (χ2n) is 6.30. The molecule has 0 spiro atoms. The Bertz CT molecular complexity index is 1250. The largest absolute Gasteiger partial charge is 0.322 e. The summed E-state index contributed by atoms with van der Waals surface area (Å²) in [5.41, 5.74) is 1.29. The molecule has 0 saturated heterocycles. The van der Waals surface area contributed by atoms with Crippen LogP contribution in [0.25, 0.3) is 0 Å². The van der Waals surface area contributed by atoms with E-state index in [1.54, 1.807) is 25.1 Å². The lowest BCUT2D eigenvalue weighted by molar-refractivity contribution is 0.102. The van der Waals surface area contributed by atoms with E-state index in [9.17, 15) is 13.2 Å². The third kappa shape index (κ3) is 5.20. The Hall–Kier alpha value is -1.96. The molecule has 0 aliphatic carbocycles. The molecule has 10 heteroatoms. The van der Waals surface area contributed by atoms with Gasteiger partial charge in [0.25, 0.3) is 15.9 Å². The highest BCUT2D eigenvalue weighted by molar-refractivity contribution is 7.92. The standard InChI is InChI=1S/C20H14Cl4N2O3S/c1-11-2-3-12(20(27)25-13-4-6-15(21)17(23)9-13)8-19(11)30(28,29)26-14-5-7-16(22)18(24)10-14/h2-10,26H,1H3,(H,25,27). The maximum atomic E-state index is 12.9.